The summed E-state index contributed by atoms with van der Waals surface area (Å²) in [5.41, 5.74) is 12.0. The third-order valence-electron chi connectivity index (χ3n) is 9.57. The van der Waals surface area contributed by atoms with Crippen molar-refractivity contribution >= 4 is 5.78 Å². The minimum absolute atomic E-state index is 0.0418. The van der Waals surface area contributed by atoms with Crippen molar-refractivity contribution in [1.82, 2.24) is 0 Å². The molecular formula is C22H38N2O2. The maximum Gasteiger partial charge on any atom is 0.136 e. The molecule has 4 rings (SSSR count). The topological polar surface area (TPSA) is 89.3 Å². The van der Waals surface area contributed by atoms with Crippen molar-refractivity contribution in [1.29, 1.82) is 0 Å². The Kier molecular flexibility index (Phi) is 4.03. The summed E-state index contributed by atoms with van der Waals surface area (Å²) < 4.78 is 0. The van der Waals surface area contributed by atoms with Gasteiger partial charge in [-0.15, -0.1) is 0 Å². The normalized spacial score (nSPS) is 55.6. The molecule has 5 N–H and O–H groups in total. The van der Waals surface area contributed by atoms with Crippen molar-refractivity contribution in [2.75, 3.05) is 0 Å². The van der Waals surface area contributed by atoms with Gasteiger partial charge >= 0.3 is 0 Å². The summed E-state index contributed by atoms with van der Waals surface area (Å²) in [6.45, 7) is 8.48. The van der Waals surface area contributed by atoms with E-state index in [0.29, 0.717) is 29.1 Å². The van der Waals surface area contributed by atoms with Crippen molar-refractivity contribution in [2.24, 2.45) is 51.9 Å². The highest BCUT2D eigenvalue weighted by Crippen LogP contribution is 2.68. The Morgan fingerprint density at radius 3 is 2.27 bits per heavy atom. The first-order valence-corrected chi connectivity index (χ1v) is 10.7. The van der Waals surface area contributed by atoms with E-state index in [9.17, 15) is 9.90 Å². The first-order chi connectivity index (χ1) is 11.9. The Labute approximate surface area is 158 Å². The fourth-order valence-electron chi connectivity index (χ4n) is 8.48. The quantitative estimate of drug-likeness (QED) is 0.625. The lowest BCUT2D eigenvalue weighted by molar-refractivity contribution is -0.150. The van der Waals surface area contributed by atoms with Crippen LogP contribution in [0.25, 0.3) is 0 Å². The van der Waals surface area contributed by atoms with E-state index >= 15 is 0 Å². The molecule has 0 aromatic carbocycles. The van der Waals surface area contributed by atoms with E-state index in [1.165, 1.54) is 19.3 Å². The summed E-state index contributed by atoms with van der Waals surface area (Å²) in [4.78, 5) is 12.5. The molecule has 0 saturated heterocycles. The van der Waals surface area contributed by atoms with Crippen LogP contribution in [0.3, 0.4) is 0 Å². The van der Waals surface area contributed by atoms with Crippen molar-refractivity contribution in [3.8, 4) is 0 Å². The summed E-state index contributed by atoms with van der Waals surface area (Å²) in [5, 5.41) is 10.6. The van der Waals surface area contributed by atoms with Gasteiger partial charge in [0.15, 0.2) is 0 Å². The Morgan fingerprint density at radius 1 is 0.923 bits per heavy atom. The Bertz CT molecular complexity index is 615. The zero-order valence-electron chi connectivity index (χ0n) is 17.1. The SMILES string of the molecule is CC(=O)C1C(N)(N)CC2C3CCC4CC(C)(O)CCC4(C)C3CCC21C. The highest BCUT2D eigenvalue weighted by atomic mass is 16.3. The van der Waals surface area contributed by atoms with Gasteiger partial charge in [-0.05, 0) is 99.7 Å². The summed E-state index contributed by atoms with van der Waals surface area (Å²) in [6, 6.07) is 0. The number of carbonyl (C=O) groups excluding carboxylic acids is 1. The van der Waals surface area contributed by atoms with Gasteiger partial charge in [0.2, 0.25) is 0 Å². The minimum Gasteiger partial charge on any atom is -0.390 e. The zero-order valence-corrected chi connectivity index (χ0v) is 17.1. The second-order valence-electron chi connectivity index (χ2n) is 11.3. The van der Waals surface area contributed by atoms with Gasteiger partial charge in [-0.2, -0.15) is 0 Å². The van der Waals surface area contributed by atoms with Crippen LogP contribution in [0, 0.1) is 40.4 Å². The molecule has 4 nitrogen and oxygen atoms in total. The van der Waals surface area contributed by atoms with Gasteiger partial charge in [0.05, 0.1) is 17.2 Å². The van der Waals surface area contributed by atoms with Gasteiger partial charge < -0.3 is 16.6 Å². The van der Waals surface area contributed by atoms with Crippen LogP contribution in [0.15, 0.2) is 0 Å². The molecule has 0 amide bonds. The molecule has 0 spiro atoms. The smallest absolute Gasteiger partial charge is 0.136 e. The fourth-order valence-corrected chi connectivity index (χ4v) is 8.48. The summed E-state index contributed by atoms with van der Waals surface area (Å²) in [6.07, 6.45) is 8.44. The molecule has 0 radical (unpaired) electrons. The molecule has 8 unspecified atom stereocenters. The number of rotatable bonds is 1. The van der Waals surface area contributed by atoms with Crippen molar-refractivity contribution in [3.05, 3.63) is 0 Å². The minimum atomic E-state index is -0.853. The third kappa shape index (κ3) is 2.48. The standard InChI is InChI=1S/C22H38N2O2/c1-13(25)18-21(4)8-7-16-15(17(21)12-22(18,23)24)6-5-14-11-19(2,26)9-10-20(14,16)3/h14-18,26H,5-12,23-24H2,1-4H3. The van der Waals surface area contributed by atoms with Crippen LogP contribution in [0.5, 0.6) is 0 Å². The number of nitrogens with two attached hydrogens (primary N) is 2. The number of hydrogen-bond donors (Lipinski definition) is 3. The molecular weight excluding hydrogens is 324 g/mol. The molecule has 4 aliphatic rings. The molecule has 4 saturated carbocycles. The third-order valence-corrected chi connectivity index (χ3v) is 9.57. The maximum atomic E-state index is 12.5. The van der Waals surface area contributed by atoms with E-state index in [1.54, 1.807) is 6.92 Å². The molecule has 0 bridgehead atoms. The first kappa shape index (κ1) is 18.9. The Balaban J connectivity index is 1.66. The molecule has 4 aliphatic carbocycles. The van der Waals surface area contributed by atoms with Gasteiger partial charge in [0.1, 0.15) is 5.78 Å². The largest absolute Gasteiger partial charge is 0.390 e. The highest BCUT2D eigenvalue weighted by molar-refractivity contribution is 5.81. The predicted molar refractivity (Wildman–Crippen MR) is 103 cm³/mol. The van der Waals surface area contributed by atoms with Crippen LogP contribution in [0.2, 0.25) is 0 Å². The average molecular weight is 363 g/mol. The van der Waals surface area contributed by atoms with Gasteiger partial charge in [-0.1, -0.05) is 13.8 Å². The van der Waals surface area contributed by atoms with E-state index in [0.717, 1.165) is 32.1 Å². The van der Waals surface area contributed by atoms with Crippen molar-refractivity contribution in [3.63, 3.8) is 0 Å². The van der Waals surface area contributed by atoms with Gasteiger partial charge in [0.25, 0.3) is 0 Å². The highest BCUT2D eigenvalue weighted by Gasteiger charge is 2.66. The fraction of sp³-hybridized carbons (Fsp3) is 0.955. The lowest BCUT2D eigenvalue weighted by Crippen LogP contribution is -2.58. The number of Topliss-reactive ketones (excluding diaryl/α,β-unsaturated/α-hetero) is 1. The monoisotopic (exact) mass is 362 g/mol. The van der Waals surface area contributed by atoms with Crippen molar-refractivity contribution < 1.29 is 9.90 Å². The Morgan fingerprint density at radius 2 is 1.62 bits per heavy atom. The lowest BCUT2D eigenvalue weighted by Gasteiger charge is -2.61. The molecule has 4 heteroatoms. The number of hydrogen-bond acceptors (Lipinski definition) is 4. The molecule has 26 heavy (non-hydrogen) atoms. The van der Waals surface area contributed by atoms with Gasteiger partial charge in [-0.3, -0.25) is 4.79 Å². The Hall–Kier alpha value is -0.450. The predicted octanol–water partition coefficient (Wildman–Crippen LogP) is 3.21. The molecule has 0 aromatic heterocycles. The van der Waals surface area contributed by atoms with E-state index in [-0.39, 0.29) is 17.1 Å². The van der Waals surface area contributed by atoms with E-state index < -0.39 is 11.3 Å². The van der Waals surface area contributed by atoms with E-state index in [1.807, 2.05) is 6.92 Å². The average Bonchev–Trinajstić information content (AvgIpc) is 2.73. The number of carbonyl (C=O) groups is 1. The molecule has 148 valence electrons. The van der Waals surface area contributed by atoms with Crippen LogP contribution in [-0.4, -0.2) is 22.2 Å². The maximum absolute atomic E-state index is 12.5. The van der Waals surface area contributed by atoms with Crippen LogP contribution >= 0.6 is 0 Å². The lowest BCUT2D eigenvalue weighted by atomic mass is 9.44. The summed E-state index contributed by atoms with van der Waals surface area (Å²) in [5.74, 6) is 2.38. The van der Waals surface area contributed by atoms with E-state index in [4.69, 9.17) is 11.5 Å². The van der Waals surface area contributed by atoms with Crippen LogP contribution < -0.4 is 11.5 Å². The van der Waals surface area contributed by atoms with E-state index in [2.05, 4.69) is 13.8 Å². The summed E-state index contributed by atoms with van der Waals surface area (Å²) in [7, 11) is 0. The number of aliphatic hydroxyl groups is 1. The van der Waals surface area contributed by atoms with Crippen LogP contribution in [0.1, 0.15) is 79.1 Å². The van der Waals surface area contributed by atoms with Gasteiger partial charge in [-0.25, -0.2) is 0 Å². The second-order valence-corrected chi connectivity index (χ2v) is 11.3. The second kappa shape index (κ2) is 5.55. The summed E-state index contributed by atoms with van der Waals surface area (Å²) >= 11 is 0. The molecule has 0 aromatic rings. The molecule has 0 heterocycles. The van der Waals surface area contributed by atoms with Crippen LogP contribution in [0.4, 0.5) is 0 Å². The number of fused-ring (bicyclic) bond motifs is 5. The van der Waals surface area contributed by atoms with Crippen LogP contribution in [-0.2, 0) is 4.79 Å². The molecule has 0 aliphatic heterocycles. The van der Waals surface area contributed by atoms with Crippen molar-refractivity contribution in [2.45, 2.75) is 90.3 Å². The zero-order chi connectivity index (χ0) is 19.1. The number of ketones is 1. The molecule has 4 fully saturated rings. The first-order valence-electron chi connectivity index (χ1n) is 10.7. The van der Waals surface area contributed by atoms with Gasteiger partial charge in [0, 0.05) is 0 Å². The molecule has 8 atom stereocenters.